The number of fused-ring (bicyclic) bond motifs is 1. The fraction of sp³-hybridized carbons (Fsp3) is 0.533. The molecule has 3 N–H and O–H groups in total. The number of rotatable bonds is 4. The number of amides is 1. The Kier molecular flexibility index (Phi) is 4.46. The first-order chi connectivity index (χ1) is 9.81. The van der Waals surface area contributed by atoms with Gasteiger partial charge in [-0.05, 0) is 38.7 Å². The highest BCUT2D eigenvalue weighted by atomic mass is 32.1. The highest BCUT2D eigenvalue weighted by molar-refractivity contribution is 7.21. The minimum atomic E-state index is -0.124. The number of nitrogens with two attached hydrogens (primary N) is 1. The number of hydrogen-bond donors (Lipinski definition) is 2. The van der Waals surface area contributed by atoms with Crippen LogP contribution in [0.15, 0.2) is 0 Å². The molecule has 0 aliphatic carbocycles. The van der Waals surface area contributed by atoms with Gasteiger partial charge in [-0.15, -0.1) is 16.4 Å². The number of nitrogens with one attached hydrogen (secondary N) is 1. The lowest BCUT2D eigenvalue weighted by molar-refractivity contribution is 0.0941. The van der Waals surface area contributed by atoms with Crippen molar-refractivity contribution >= 4 is 33.1 Å². The van der Waals surface area contributed by atoms with Gasteiger partial charge in [0.25, 0.3) is 5.91 Å². The zero-order valence-corrected chi connectivity index (χ0v) is 14.0. The molecule has 1 unspecified atom stereocenters. The topological polar surface area (TPSA) is 80.9 Å². The van der Waals surface area contributed by atoms with Gasteiger partial charge in [-0.25, -0.2) is 0 Å². The van der Waals surface area contributed by atoms with Crippen LogP contribution in [0.5, 0.6) is 0 Å². The van der Waals surface area contributed by atoms with E-state index in [1.54, 1.807) is 0 Å². The largest absolute Gasteiger partial charge is 0.397 e. The average Bonchev–Trinajstić information content (AvgIpc) is 2.71. The van der Waals surface area contributed by atoms with Gasteiger partial charge in [-0.1, -0.05) is 13.8 Å². The molecule has 2 rings (SSSR count). The Morgan fingerprint density at radius 1 is 1.29 bits per heavy atom. The van der Waals surface area contributed by atoms with E-state index in [1.165, 1.54) is 11.3 Å². The summed E-state index contributed by atoms with van der Waals surface area (Å²) in [6, 6.07) is 0.121. The molecule has 0 aliphatic rings. The Morgan fingerprint density at radius 2 is 1.95 bits per heavy atom. The molecular weight excluding hydrogens is 284 g/mol. The molecular formula is C15H22N4OS. The second kappa shape index (κ2) is 5.97. The molecule has 0 fully saturated rings. The van der Waals surface area contributed by atoms with Crippen molar-refractivity contribution < 1.29 is 4.79 Å². The van der Waals surface area contributed by atoms with Gasteiger partial charge in [0.2, 0.25) is 0 Å². The molecule has 0 aliphatic heterocycles. The molecule has 21 heavy (non-hydrogen) atoms. The summed E-state index contributed by atoms with van der Waals surface area (Å²) >= 11 is 1.31. The Labute approximate surface area is 128 Å². The van der Waals surface area contributed by atoms with Crippen LogP contribution in [0.25, 0.3) is 10.2 Å². The van der Waals surface area contributed by atoms with E-state index in [-0.39, 0.29) is 11.9 Å². The van der Waals surface area contributed by atoms with Gasteiger partial charge in [0.05, 0.1) is 11.4 Å². The number of nitrogen functional groups attached to an aromatic ring is 1. The Balaban J connectivity index is 2.32. The molecule has 0 saturated carbocycles. The lowest BCUT2D eigenvalue weighted by atomic mass is 10.1. The maximum absolute atomic E-state index is 12.4. The first kappa shape index (κ1) is 15.7. The first-order valence-electron chi connectivity index (χ1n) is 7.14. The van der Waals surface area contributed by atoms with Crippen LogP contribution < -0.4 is 11.1 Å². The molecule has 6 heteroatoms. The van der Waals surface area contributed by atoms with Crippen LogP contribution in [-0.4, -0.2) is 22.1 Å². The van der Waals surface area contributed by atoms with Crippen LogP contribution in [0.1, 0.15) is 48.1 Å². The zero-order chi connectivity index (χ0) is 15.7. The second-order valence-electron chi connectivity index (χ2n) is 5.94. The van der Waals surface area contributed by atoms with Gasteiger partial charge >= 0.3 is 0 Å². The quantitative estimate of drug-likeness (QED) is 0.909. The maximum Gasteiger partial charge on any atom is 0.263 e. The average molecular weight is 306 g/mol. The number of anilines is 1. The fourth-order valence-corrected chi connectivity index (χ4v) is 3.47. The molecule has 0 saturated heterocycles. The Hall–Kier alpha value is -1.69. The van der Waals surface area contributed by atoms with Gasteiger partial charge < -0.3 is 11.1 Å². The van der Waals surface area contributed by atoms with E-state index in [0.717, 1.165) is 27.9 Å². The summed E-state index contributed by atoms with van der Waals surface area (Å²) in [5.74, 6) is 0.413. The summed E-state index contributed by atoms with van der Waals surface area (Å²) in [4.78, 5) is 13.6. The number of hydrogen-bond acceptors (Lipinski definition) is 5. The fourth-order valence-electron chi connectivity index (χ4n) is 2.46. The first-order valence-corrected chi connectivity index (χ1v) is 7.95. The number of carbonyl (C=O) groups excluding carboxylic acids is 1. The van der Waals surface area contributed by atoms with E-state index in [1.807, 2.05) is 20.8 Å². The number of carbonyl (C=O) groups is 1. The lowest BCUT2D eigenvalue weighted by Gasteiger charge is -2.15. The van der Waals surface area contributed by atoms with Crippen LogP contribution in [0.2, 0.25) is 0 Å². The summed E-state index contributed by atoms with van der Waals surface area (Å²) in [5.41, 5.74) is 8.51. The van der Waals surface area contributed by atoms with Gasteiger partial charge in [0, 0.05) is 11.4 Å². The predicted octanol–water partition coefficient (Wildman–Crippen LogP) is 3.05. The summed E-state index contributed by atoms with van der Waals surface area (Å²) in [7, 11) is 0. The van der Waals surface area contributed by atoms with Crippen LogP contribution in [0.3, 0.4) is 0 Å². The van der Waals surface area contributed by atoms with E-state index in [9.17, 15) is 4.79 Å². The van der Waals surface area contributed by atoms with Gasteiger partial charge in [0.1, 0.15) is 9.71 Å². The van der Waals surface area contributed by atoms with Crippen molar-refractivity contribution in [3.05, 3.63) is 16.1 Å². The van der Waals surface area contributed by atoms with E-state index in [4.69, 9.17) is 5.73 Å². The highest BCUT2D eigenvalue weighted by Gasteiger charge is 2.21. The van der Waals surface area contributed by atoms with Crippen molar-refractivity contribution in [3.8, 4) is 0 Å². The molecule has 2 aromatic heterocycles. The molecule has 2 heterocycles. The van der Waals surface area contributed by atoms with Crippen molar-refractivity contribution in [2.24, 2.45) is 5.92 Å². The summed E-state index contributed by atoms with van der Waals surface area (Å²) < 4.78 is 0. The van der Waals surface area contributed by atoms with Crippen molar-refractivity contribution in [1.29, 1.82) is 0 Å². The third kappa shape index (κ3) is 3.15. The van der Waals surface area contributed by atoms with Crippen molar-refractivity contribution in [3.63, 3.8) is 0 Å². The third-order valence-corrected chi connectivity index (χ3v) is 4.63. The SMILES string of the molecule is Cc1nnc2sc(C(=O)NC(C)CC(C)C)c(N)c2c1C. The van der Waals surface area contributed by atoms with Crippen LogP contribution in [-0.2, 0) is 0 Å². The van der Waals surface area contributed by atoms with Crippen LogP contribution >= 0.6 is 11.3 Å². The number of aryl methyl sites for hydroxylation is 2. The van der Waals surface area contributed by atoms with Crippen LogP contribution in [0, 0.1) is 19.8 Å². The zero-order valence-electron chi connectivity index (χ0n) is 13.2. The molecule has 1 atom stereocenters. The Morgan fingerprint density at radius 3 is 2.57 bits per heavy atom. The minimum absolute atomic E-state index is 0.121. The molecule has 0 aromatic carbocycles. The van der Waals surface area contributed by atoms with E-state index >= 15 is 0 Å². The normalized spacial score (nSPS) is 12.9. The lowest BCUT2D eigenvalue weighted by Crippen LogP contribution is -2.33. The summed E-state index contributed by atoms with van der Waals surface area (Å²) in [5, 5.41) is 12.1. The minimum Gasteiger partial charge on any atom is -0.397 e. The molecule has 0 radical (unpaired) electrons. The van der Waals surface area contributed by atoms with Crippen molar-refractivity contribution in [2.75, 3.05) is 5.73 Å². The van der Waals surface area contributed by atoms with E-state index in [0.29, 0.717) is 16.5 Å². The summed E-state index contributed by atoms with van der Waals surface area (Å²) in [6.07, 6.45) is 0.939. The number of thiophene rings is 1. The third-order valence-electron chi connectivity index (χ3n) is 3.54. The second-order valence-corrected chi connectivity index (χ2v) is 6.94. The van der Waals surface area contributed by atoms with Crippen molar-refractivity contribution in [1.82, 2.24) is 15.5 Å². The molecule has 1 amide bonds. The smallest absolute Gasteiger partial charge is 0.263 e. The monoisotopic (exact) mass is 306 g/mol. The molecule has 114 valence electrons. The Bertz CT molecular complexity index is 678. The highest BCUT2D eigenvalue weighted by Crippen LogP contribution is 2.34. The standard InChI is InChI=1S/C15H22N4OS/c1-7(2)6-8(3)17-14(20)13-12(16)11-9(4)10(5)18-19-15(11)21-13/h7-8H,6,16H2,1-5H3,(H,17,20). The number of nitrogens with zero attached hydrogens (tertiary/aromatic N) is 2. The number of aromatic nitrogens is 2. The summed E-state index contributed by atoms with van der Waals surface area (Å²) in [6.45, 7) is 10.1. The molecule has 2 aromatic rings. The molecule has 0 bridgehead atoms. The van der Waals surface area contributed by atoms with Gasteiger partial charge in [0.15, 0.2) is 0 Å². The van der Waals surface area contributed by atoms with Crippen LogP contribution in [0.4, 0.5) is 5.69 Å². The van der Waals surface area contributed by atoms with Gasteiger partial charge in [-0.3, -0.25) is 4.79 Å². The van der Waals surface area contributed by atoms with Crippen molar-refractivity contribution in [2.45, 2.75) is 47.1 Å². The van der Waals surface area contributed by atoms with E-state index < -0.39 is 0 Å². The predicted molar refractivity (Wildman–Crippen MR) is 87.7 cm³/mol. The molecule has 0 spiro atoms. The van der Waals surface area contributed by atoms with Gasteiger partial charge in [-0.2, -0.15) is 5.10 Å². The van der Waals surface area contributed by atoms with E-state index in [2.05, 4.69) is 29.4 Å². The molecule has 5 nitrogen and oxygen atoms in total. The maximum atomic E-state index is 12.4.